The lowest BCUT2D eigenvalue weighted by Gasteiger charge is -2.30. The fourth-order valence-corrected chi connectivity index (χ4v) is 4.12. The zero-order valence-corrected chi connectivity index (χ0v) is 16.1. The van der Waals surface area contributed by atoms with E-state index in [1.54, 1.807) is 4.90 Å². The Labute approximate surface area is 176 Å². The highest BCUT2D eigenvalue weighted by atomic mass is 19.4. The molecule has 3 aliphatic rings. The normalized spacial score (nSPS) is 24.9. The predicted molar refractivity (Wildman–Crippen MR) is 98.9 cm³/mol. The fraction of sp³-hybridized carbons (Fsp3) is 0.421. The molecule has 0 bridgehead atoms. The molecule has 1 saturated heterocycles. The van der Waals surface area contributed by atoms with Crippen molar-refractivity contribution < 1.29 is 35.9 Å². The summed E-state index contributed by atoms with van der Waals surface area (Å²) in [5, 5.41) is 5.30. The van der Waals surface area contributed by atoms with E-state index < -0.39 is 41.5 Å². The van der Waals surface area contributed by atoms with Gasteiger partial charge in [-0.3, -0.25) is 5.32 Å². The van der Waals surface area contributed by atoms with Crippen LogP contribution in [0, 0.1) is 0 Å². The predicted octanol–water partition coefficient (Wildman–Crippen LogP) is 3.88. The number of halogens is 6. The van der Waals surface area contributed by atoms with E-state index in [4.69, 9.17) is 0 Å². The molecule has 3 atom stereocenters. The molecule has 2 aromatic heterocycles. The molecular weight excluding hydrogens is 444 g/mol. The van der Waals surface area contributed by atoms with Crippen LogP contribution in [0.3, 0.4) is 0 Å². The molecule has 0 spiro atoms. The number of amides is 1. The SMILES string of the molecule is O=C1Nc2nccc(-c3cc(C(F)(F)F)cc(N4CCNC5CC54)n3)c2[C@@H](C(F)(F)F)O1. The zero-order valence-electron chi connectivity index (χ0n) is 16.1. The maximum Gasteiger partial charge on any atom is 0.430 e. The van der Waals surface area contributed by atoms with Crippen molar-refractivity contribution in [1.29, 1.82) is 0 Å². The Bertz CT molecular complexity index is 1090. The van der Waals surface area contributed by atoms with Crippen LogP contribution < -0.4 is 15.5 Å². The molecule has 0 aromatic carbocycles. The molecule has 32 heavy (non-hydrogen) atoms. The first-order chi connectivity index (χ1) is 15.0. The van der Waals surface area contributed by atoms with E-state index in [1.165, 1.54) is 0 Å². The Balaban J connectivity index is 1.68. The van der Waals surface area contributed by atoms with Gasteiger partial charge in [0, 0.05) is 36.9 Å². The number of fused-ring (bicyclic) bond motifs is 2. The number of nitrogens with one attached hydrogen (secondary N) is 2. The van der Waals surface area contributed by atoms with Crippen LogP contribution in [-0.2, 0) is 10.9 Å². The van der Waals surface area contributed by atoms with Crippen LogP contribution in [-0.4, -0.2) is 47.4 Å². The molecule has 1 amide bonds. The van der Waals surface area contributed by atoms with E-state index in [-0.39, 0.29) is 29.2 Å². The van der Waals surface area contributed by atoms with Crippen molar-refractivity contribution in [3.63, 3.8) is 0 Å². The summed E-state index contributed by atoms with van der Waals surface area (Å²) in [5.74, 6) is -0.412. The number of cyclic esters (lactones) is 1. The Kier molecular flexibility index (Phi) is 4.52. The molecule has 7 nitrogen and oxygen atoms in total. The number of pyridine rings is 2. The van der Waals surface area contributed by atoms with Crippen LogP contribution in [0.1, 0.15) is 23.7 Å². The van der Waals surface area contributed by atoms with E-state index in [9.17, 15) is 31.1 Å². The van der Waals surface area contributed by atoms with Gasteiger partial charge in [0.15, 0.2) is 0 Å². The second-order valence-corrected chi connectivity index (χ2v) is 7.73. The van der Waals surface area contributed by atoms with Gasteiger partial charge in [-0.15, -0.1) is 0 Å². The van der Waals surface area contributed by atoms with E-state index in [1.807, 2.05) is 0 Å². The smallest absolute Gasteiger partial charge is 0.430 e. The number of aromatic nitrogens is 2. The van der Waals surface area contributed by atoms with E-state index in [0.29, 0.717) is 19.2 Å². The molecule has 2 N–H and O–H groups in total. The van der Waals surface area contributed by atoms with Crippen LogP contribution in [0.4, 0.5) is 42.8 Å². The number of anilines is 2. The number of hydrogen-bond donors (Lipinski definition) is 2. The lowest BCUT2D eigenvalue weighted by molar-refractivity contribution is -0.206. The first-order valence-corrected chi connectivity index (χ1v) is 9.65. The summed E-state index contributed by atoms with van der Waals surface area (Å²) in [6.45, 7) is 0.961. The van der Waals surface area contributed by atoms with Crippen molar-refractivity contribution in [3.8, 4) is 11.3 Å². The topological polar surface area (TPSA) is 79.4 Å². The minimum Gasteiger partial charge on any atom is -0.431 e. The molecule has 2 unspecified atom stereocenters. The number of carbonyl (C=O) groups is 1. The van der Waals surface area contributed by atoms with Crippen molar-refractivity contribution in [2.75, 3.05) is 23.3 Å². The minimum absolute atomic E-state index is 0.0236. The minimum atomic E-state index is -5.01. The van der Waals surface area contributed by atoms with Crippen LogP contribution in [0.15, 0.2) is 24.4 Å². The van der Waals surface area contributed by atoms with Gasteiger partial charge in [0.25, 0.3) is 0 Å². The Morgan fingerprint density at radius 1 is 1.16 bits per heavy atom. The summed E-state index contributed by atoms with van der Waals surface area (Å²) in [5.41, 5.74) is -2.21. The second kappa shape index (κ2) is 6.95. The molecule has 4 heterocycles. The molecule has 1 saturated carbocycles. The average Bonchev–Trinajstić information content (AvgIpc) is 3.50. The number of carbonyl (C=O) groups excluding carboxylic acids is 1. The van der Waals surface area contributed by atoms with Gasteiger partial charge < -0.3 is 15.0 Å². The van der Waals surface area contributed by atoms with Crippen LogP contribution in [0.25, 0.3) is 11.3 Å². The van der Waals surface area contributed by atoms with Gasteiger partial charge in [-0.1, -0.05) is 0 Å². The number of rotatable bonds is 2. The van der Waals surface area contributed by atoms with Gasteiger partial charge in [0.1, 0.15) is 11.6 Å². The van der Waals surface area contributed by atoms with Gasteiger partial charge in [0.05, 0.1) is 16.8 Å². The molecular formula is C19H15F6N5O2. The maximum absolute atomic E-state index is 13.7. The summed E-state index contributed by atoms with van der Waals surface area (Å²) in [4.78, 5) is 21.3. The lowest BCUT2D eigenvalue weighted by Crippen LogP contribution is -2.44. The third-order valence-electron chi connectivity index (χ3n) is 5.62. The molecule has 0 radical (unpaired) electrons. The molecule has 13 heteroatoms. The van der Waals surface area contributed by atoms with Crippen molar-refractivity contribution >= 4 is 17.7 Å². The molecule has 170 valence electrons. The van der Waals surface area contributed by atoms with Crippen LogP contribution >= 0.6 is 0 Å². The largest absolute Gasteiger partial charge is 0.431 e. The highest BCUT2D eigenvalue weighted by molar-refractivity contribution is 5.89. The van der Waals surface area contributed by atoms with Gasteiger partial charge in [-0.25, -0.2) is 14.8 Å². The third-order valence-corrected chi connectivity index (χ3v) is 5.62. The van der Waals surface area contributed by atoms with Gasteiger partial charge >= 0.3 is 18.4 Å². The monoisotopic (exact) mass is 459 g/mol. The lowest BCUT2D eigenvalue weighted by atomic mass is 9.98. The number of nitrogens with zero attached hydrogens (tertiary/aromatic N) is 3. The van der Waals surface area contributed by atoms with Crippen molar-refractivity contribution in [2.45, 2.75) is 37.0 Å². The first-order valence-electron chi connectivity index (χ1n) is 9.65. The average molecular weight is 459 g/mol. The summed E-state index contributed by atoms with van der Waals surface area (Å²) < 4.78 is 86.3. The van der Waals surface area contributed by atoms with E-state index in [2.05, 4.69) is 25.3 Å². The first kappa shape index (κ1) is 20.8. The molecule has 2 fully saturated rings. The summed E-state index contributed by atoms with van der Waals surface area (Å²) in [6.07, 6.45) is -12.0. The van der Waals surface area contributed by atoms with E-state index >= 15 is 0 Å². The Hall–Kier alpha value is -3.09. The van der Waals surface area contributed by atoms with Crippen LogP contribution in [0.2, 0.25) is 0 Å². The summed E-state index contributed by atoms with van der Waals surface area (Å²) in [6, 6.07) is 2.84. The van der Waals surface area contributed by atoms with Crippen LogP contribution in [0.5, 0.6) is 0 Å². The molecule has 5 rings (SSSR count). The zero-order chi connectivity index (χ0) is 22.8. The third kappa shape index (κ3) is 3.59. The quantitative estimate of drug-likeness (QED) is 0.664. The number of piperazine rings is 1. The highest BCUT2D eigenvalue weighted by Gasteiger charge is 2.50. The van der Waals surface area contributed by atoms with Crippen molar-refractivity contribution in [2.24, 2.45) is 0 Å². The van der Waals surface area contributed by atoms with Gasteiger partial charge in [-0.2, -0.15) is 26.3 Å². The Morgan fingerprint density at radius 3 is 2.66 bits per heavy atom. The van der Waals surface area contributed by atoms with Gasteiger partial charge in [-0.05, 0) is 24.6 Å². The van der Waals surface area contributed by atoms with Gasteiger partial charge in [0.2, 0.25) is 6.10 Å². The Morgan fingerprint density at radius 2 is 1.94 bits per heavy atom. The maximum atomic E-state index is 13.7. The number of hydrogen-bond acceptors (Lipinski definition) is 6. The highest BCUT2D eigenvalue weighted by Crippen LogP contribution is 2.46. The van der Waals surface area contributed by atoms with Crippen molar-refractivity contribution in [1.82, 2.24) is 15.3 Å². The molecule has 1 aliphatic carbocycles. The fourth-order valence-electron chi connectivity index (χ4n) is 4.12. The summed E-state index contributed by atoms with van der Waals surface area (Å²) in [7, 11) is 0. The standard InChI is InChI=1S/C19H15F6N5O2/c20-18(21,22)8-5-10(28-13(6-8)30-4-3-26-11-7-12(11)30)9-1-2-27-16-14(9)15(19(23,24)25)32-17(31)29-16/h1-2,5-6,11-12,15,26H,3-4,7H2,(H,27,29,31)/t11?,12?,15-/m0/s1. The second-order valence-electron chi connectivity index (χ2n) is 7.73. The number of ether oxygens (including phenoxy) is 1. The number of alkyl halides is 6. The molecule has 2 aromatic rings. The molecule has 2 aliphatic heterocycles. The van der Waals surface area contributed by atoms with Crippen molar-refractivity contribution in [3.05, 3.63) is 35.5 Å². The summed E-state index contributed by atoms with van der Waals surface area (Å²) >= 11 is 0. The van der Waals surface area contributed by atoms with E-state index in [0.717, 1.165) is 24.8 Å².